The van der Waals surface area contributed by atoms with Gasteiger partial charge in [-0.15, -0.1) is 0 Å². The van der Waals surface area contributed by atoms with Crippen LogP contribution in [0.15, 0.2) is 0 Å². The zero-order valence-corrected chi connectivity index (χ0v) is 11.7. The van der Waals surface area contributed by atoms with E-state index >= 15 is 0 Å². The van der Waals surface area contributed by atoms with Gasteiger partial charge in [0.2, 0.25) is 0 Å². The minimum atomic E-state index is -8.45. The molecule has 0 fully saturated rings. The van der Waals surface area contributed by atoms with Crippen molar-refractivity contribution >= 4 is 0 Å². The largest absolute Gasteiger partial charge is 0.385 e. The number of hydrogen-bond donors (Lipinski definition) is 0. The second kappa shape index (κ2) is 6.70. The highest BCUT2D eigenvalue weighted by atomic mass is 19.4. The van der Waals surface area contributed by atoms with Crippen LogP contribution in [-0.4, -0.2) is 41.5 Å². The van der Waals surface area contributed by atoms with Gasteiger partial charge in [-0.2, -0.15) is 70.2 Å². The molecule has 0 rings (SSSR count). The molecule has 0 aliphatic rings. The van der Waals surface area contributed by atoms with Crippen LogP contribution in [-0.2, 0) is 0 Å². The summed E-state index contributed by atoms with van der Waals surface area (Å²) in [7, 11) is 0. The summed E-state index contributed by atoms with van der Waals surface area (Å²) < 4.78 is 215. The van der Waals surface area contributed by atoms with Crippen molar-refractivity contribution in [1.29, 1.82) is 0 Å². The van der Waals surface area contributed by atoms with E-state index < -0.39 is 61.0 Å². The van der Waals surface area contributed by atoms with E-state index in [9.17, 15) is 74.6 Å². The van der Waals surface area contributed by atoms with Crippen LogP contribution in [0.25, 0.3) is 0 Å². The Morgan fingerprint density at radius 2 is 0.815 bits per heavy atom. The highest BCUT2D eigenvalue weighted by molar-refractivity contribution is 5.16. The topological polar surface area (TPSA) is 0 Å². The summed E-state index contributed by atoms with van der Waals surface area (Å²) in [5.74, 6) is -55.2. The summed E-state index contributed by atoms with van der Waals surface area (Å²) in [5, 5.41) is 0. The highest BCUT2D eigenvalue weighted by Crippen LogP contribution is 2.63. The molecule has 0 aliphatic carbocycles. The van der Waals surface area contributed by atoms with Crippen molar-refractivity contribution in [3.63, 3.8) is 0 Å². The van der Waals surface area contributed by atoms with Gasteiger partial charge in [-0.05, 0) is 0 Å². The molecule has 0 N–H and O–H groups in total. The maximum Gasteiger partial charge on any atom is 0.385 e. The first kappa shape index (κ1) is 25.8. The average Bonchev–Trinajstić information content (AvgIpc) is 2.45. The van der Waals surface area contributed by atoms with Crippen LogP contribution in [0.3, 0.4) is 0 Å². The van der Waals surface area contributed by atoms with E-state index in [1.54, 1.807) is 0 Å². The summed E-state index contributed by atoms with van der Waals surface area (Å²) in [6.07, 6.45) is -8.12. The van der Waals surface area contributed by atoms with Crippen molar-refractivity contribution in [3.05, 3.63) is 13.1 Å². The van der Waals surface area contributed by atoms with Crippen molar-refractivity contribution in [2.75, 3.05) is 0 Å². The molecule has 0 unspecified atom stereocenters. The molecule has 0 aliphatic heterocycles. The molecule has 162 valence electrons. The zero-order valence-electron chi connectivity index (χ0n) is 11.7. The normalized spacial score (nSPS) is 16.2. The van der Waals surface area contributed by atoms with Crippen LogP contribution in [0.2, 0.25) is 0 Å². The van der Waals surface area contributed by atoms with Gasteiger partial charge in [-0.1, -0.05) is 0 Å². The first-order chi connectivity index (χ1) is 11.5. The summed E-state index contributed by atoms with van der Waals surface area (Å²) in [6, 6.07) is 0. The van der Waals surface area contributed by atoms with Gasteiger partial charge in [-0.25, -0.2) is 4.39 Å². The molecule has 2 radical (unpaired) electrons. The quantitative estimate of drug-likeness (QED) is 0.361. The van der Waals surface area contributed by atoms with E-state index in [1.165, 1.54) is 0 Å². The fourth-order valence-electron chi connectivity index (χ4n) is 1.36. The number of halogens is 17. The molecule has 0 saturated heterocycles. The zero-order chi connectivity index (χ0) is 22.5. The molecule has 0 aromatic heterocycles. The van der Waals surface area contributed by atoms with Gasteiger partial charge in [0.25, 0.3) is 0 Å². The van der Waals surface area contributed by atoms with Crippen molar-refractivity contribution < 1.29 is 74.6 Å². The summed E-state index contributed by atoms with van der Waals surface area (Å²) in [5.41, 5.74) is 0. The molecule has 17 heteroatoms. The number of alkyl halides is 14. The van der Waals surface area contributed by atoms with Gasteiger partial charge in [0.1, 0.15) is 6.67 Å². The predicted octanol–water partition coefficient (Wildman–Crippen LogP) is 6.38. The minimum Gasteiger partial charge on any atom is -0.244 e. The molecule has 0 atom stereocenters. The molecule has 0 heterocycles. The van der Waals surface area contributed by atoms with Crippen LogP contribution >= 0.6 is 0 Å². The van der Waals surface area contributed by atoms with E-state index in [-0.39, 0.29) is 0 Å². The molecule has 0 saturated carbocycles. The summed E-state index contributed by atoms with van der Waals surface area (Å²) >= 11 is 0. The molecule has 0 spiro atoms. The second-order valence-corrected chi connectivity index (χ2v) is 4.77. The van der Waals surface area contributed by atoms with Gasteiger partial charge in [0.05, 0.1) is 6.42 Å². The maximum absolute atomic E-state index is 13.1. The van der Waals surface area contributed by atoms with Crippen LogP contribution in [0.1, 0.15) is 6.42 Å². The highest BCUT2D eigenvalue weighted by Gasteiger charge is 2.93. The molecule has 0 amide bonds. The van der Waals surface area contributed by atoms with Gasteiger partial charge in [0, 0.05) is 0 Å². The Balaban J connectivity index is 6.53. The lowest BCUT2D eigenvalue weighted by atomic mass is 9.88. The Labute approximate surface area is 137 Å². The Morgan fingerprint density at radius 1 is 0.519 bits per heavy atom. The standard InChI is InChI=1S/C10H3F17/c11-2-1-4(14,15)6(18,19)8(22,23)10(26,27)9(24,25)7(20,21)5(16,17)3(12)13/h2H,1H2. The Hall–Kier alpha value is -1.19. The second-order valence-electron chi connectivity index (χ2n) is 4.77. The van der Waals surface area contributed by atoms with Gasteiger partial charge < -0.3 is 0 Å². The van der Waals surface area contributed by atoms with E-state index in [1.807, 2.05) is 0 Å². The van der Waals surface area contributed by atoms with Crippen molar-refractivity contribution in [1.82, 2.24) is 0 Å². The monoisotopic (exact) mass is 446 g/mol. The third-order valence-corrected chi connectivity index (χ3v) is 3.00. The van der Waals surface area contributed by atoms with E-state index in [0.29, 0.717) is 0 Å². The molecular weight excluding hydrogens is 443 g/mol. The fourth-order valence-corrected chi connectivity index (χ4v) is 1.36. The summed E-state index contributed by atoms with van der Waals surface area (Å²) in [6.45, 7) is -1.52. The molecule has 27 heavy (non-hydrogen) atoms. The van der Waals surface area contributed by atoms with Crippen molar-refractivity contribution in [3.8, 4) is 0 Å². The first-order valence-electron chi connectivity index (χ1n) is 5.75. The lowest BCUT2D eigenvalue weighted by Crippen LogP contribution is -2.73. The Bertz CT molecular complexity index is 518. The molecule has 0 nitrogen and oxygen atoms in total. The van der Waals surface area contributed by atoms with Crippen LogP contribution < -0.4 is 0 Å². The van der Waals surface area contributed by atoms with E-state index in [2.05, 4.69) is 0 Å². The van der Waals surface area contributed by atoms with E-state index in [0.717, 1.165) is 0 Å². The van der Waals surface area contributed by atoms with Crippen molar-refractivity contribution in [2.45, 2.75) is 47.9 Å². The molecule has 0 bridgehead atoms. The number of hydrogen-bond acceptors (Lipinski definition) is 0. The third kappa shape index (κ3) is 3.27. The summed E-state index contributed by atoms with van der Waals surface area (Å²) in [4.78, 5) is 0. The van der Waals surface area contributed by atoms with Gasteiger partial charge >= 0.3 is 47.9 Å². The van der Waals surface area contributed by atoms with Crippen molar-refractivity contribution in [2.24, 2.45) is 0 Å². The average molecular weight is 446 g/mol. The SMILES string of the molecule is F[CH]CC(F)(F)C(F)(F)C(F)(F)C(F)(F)C(F)(F)C(F)(F)C(F)(F)[C](F)F. The number of rotatable bonds is 9. The van der Waals surface area contributed by atoms with Crippen LogP contribution in [0.4, 0.5) is 74.6 Å². The minimum absolute atomic E-state index is 1.52. The fraction of sp³-hybridized carbons (Fsp3) is 0.800. The third-order valence-electron chi connectivity index (χ3n) is 3.00. The van der Waals surface area contributed by atoms with Gasteiger partial charge in [0.15, 0.2) is 0 Å². The van der Waals surface area contributed by atoms with Gasteiger partial charge in [-0.3, -0.25) is 0 Å². The first-order valence-corrected chi connectivity index (χ1v) is 5.75. The molecular formula is C10H3F17. The Kier molecular flexibility index (Phi) is 6.41. The molecule has 0 aromatic rings. The van der Waals surface area contributed by atoms with Crippen LogP contribution in [0.5, 0.6) is 0 Å². The van der Waals surface area contributed by atoms with E-state index in [4.69, 9.17) is 0 Å². The molecule has 0 aromatic carbocycles. The predicted molar refractivity (Wildman–Crippen MR) is 50.1 cm³/mol. The smallest absolute Gasteiger partial charge is 0.244 e. The lowest BCUT2D eigenvalue weighted by Gasteiger charge is -2.42. The maximum atomic E-state index is 13.1. The Morgan fingerprint density at radius 3 is 1.11 bits per heavy atom. The van der Waals surface area contributed by atoms with Crippen LogP contribution in [0, 0.1) is 13.1 Å². The lowest BCUT2D eigenvalue weighted by molar-refractivity contribution is -0.442.